The maximum Gasteiger partial charge on any atom is 0.215 e. The van der Waals surface area contributed by atoms with E-state index < -0.39 is 21.5 Å². The molecule has 5 aliphatic carbocycles. The molecule has 0 amide bonds. The van der Waals surface area contributed by atoms with E-state index in [4.69, 9.17) is 4.74 Å². The number of hydrogen-bond donors (Lipinski definition) is 2. The molecule has 4 atom stereocenters. The van der Waals surface area contributed by atoms with Gasteiger partial charge in [-0.15, -0.1) is 0 Å². The summed E-state index contributed by atoms with van der Waals surface area (Å²) in [5.74, 6) is 1.43. The second-order valence-corrected chi connectivity index (χ2v) is 15.9. The van der Waals surface area contributed by atoms with E-state index in [-0.39, 0.29) is 35.1 Å². The number of sulfonamides is 1. The summed E-state index contributed by atoms with van der Waals surface area (Å²) in [6.07, 6.45) is 14.8. The number of rotatable bonds is 8. The van der Waals surface area contributed by atoms with Crippen molar-refractivity contribution in [2.75, 3.05) is 5.75 Å². The van der Waals surface area contributed by atoms with Crippen molar-refractivity contribution in [2.24, 2.45) is 16.7 Å². The van der Waals surface area contributed by atoms with Crippen molar-refractivity contribution in [1.29, 1.82) is 0 Å². The Morgan fingerprint density at radius 1 is 0.975 bits per heavy atom. The molecule has 4 unspecified atom stereocenters. The van der Waals surface area contributed by atoms with Crippen LogP contribution in [0.4, 0.5) is 0 Å². The molecule has 0 aromatic heterocycles. The summed E-state index contributed by atoms with van der Waals surface area (Å²) in [6, 6.07) is 4.03. The van der Waals surface area contributed by atoms with E-state index in [0.717, 1.165) is 87.5 Å². The van der Waals surface area contributed by atoms with Gasteiger partial charge in [0.05, 0.1) is 5.75 Å². The van der Waals surface area contributed by atoms with Crippen molar-refractivity contribution in [2.45, 2.75) is 135 Å². The number of nitrogens with zero attached hydrogens (tertiary/aromatic N) is 1. The Kier molecular flexibility index (Phi) is 7.57. The minimum Gasteiger partial charge on any atom is -0.508 e. The standard InChI is InChI=1S/C33H49NO5S/c1-4-25-29(16-15-26-27(35)20-28(36)31(25)26)39-30-19-22-17-18-33(30,32(22,2)3)21-40(37,38)34(23-11-7-5-8-12-23)24-13-9-6-10-14-24/h15-16,20,22-24,28,30,35-36H,4-14,17-19,21H2,1-3H3. The van der Waals surface area contributed by atoms with Gasteiger partial charge in [-0.1, -0.05) is 59.3 Å². The highest BCUT2D eigenvalue weighted by atomic mass is 32.2. The summed E-state index contributed by atoms with van der Waals surface area (Å²) in [6.45, 7) is 6.61. The predicted octanol–water partition coefficient (Wildman–Crippen LogP) is 7.07. The van der Waals surface area contributed by atoms with E-state index in [1.807, 2.05) is 23.4 Å². The van der Waals surface area contributed by atoms with Crippen LogP contribution in [0.3, 0.4) is 0 Å². The molecule has 2 bridgehead atoms. The molecule has 7 heteroatoms. The van der Waals surface area contributed by atoms with E-state index in [2.05, 4.69) is 13.8 Å². The summed E-state index contributed by atoms with van der Waals surface area (Å²) >= 11 is 0. The molecule has 0 aliphatic heterocycles. The second kappa shape index (κ2) is 10.6. The molecule has 6 nitrogen and oxygen atoms in total. The predicted molar refractivity (Wildman–Crippen MR) is 159 cm³/mol. The minimum atomic E-state index is -3.51. The number of benzene rings is 1. The number of aliphatic hydroxyl groups excluding tert-OH is 2. The minimum absolute atomic E-state index is 0.109. The van der Waals surface area contributed by atoms with Crippen molar-refractivity contribution in [3.63, 3.8) is 0 Å². The molecule has 0 spiro atoms. The van der Waals surface area contributed by atoms with Crippen LogP contribution in [0.2, 0.25) is 0 Å². The van der Waals surface area contributed by atoms with Crippen LogP contribution in [-0.2, 0) is 16.4 Å². The lowest BCUT2D eigenvalue weighted by Gasteiger charge is -2.46. The fourth-order valence-electron chi connectivity index (χ4n) is 9.49. The first kappa shape index (κ1) is 28.5. The summed E-state index contributed by atoms with van der Waals surface area (Å²) < 4.78 is 38.4. The molecule has 4 saturated carbocycles. The van der Waals surface area contributed by atoms with Crippen molar-refractivity contribution in [3.8, 4) is 5.75 Å². The maximum atomic E-state index is 14.7. The fourth-order valence-corrected chi connectivity index (χ4v) is 12.3. The number of fused-ring (bicyclic) bond motifs is 3. The van der Waals surface area contributed by atoms with Crippen LogP contribution in [0, 0.1) is 16.7 Å². The molecule has 0 saturated heterocycles. The second-order valence-electron chi connectivity index (χ2n) is 14.0. The first-order valence-electron chi connectivity index (χ1n) is 16.0. The van der Waals surface area contributed by atoms with Gasteiger partial charge in [-0.25, -0.2) is 8.42 Å². The van der Waals surface area contributed by atoms with Crippen molar-refractivity contribution in [3.05, 3.63) is 34.9 Å². The summed E-state index contributed by atoms with van der Waals surface area (Å²) in [4.78, 5) is 0. The average Bonchev–Trinajstić information content (AvgIpc) is 3.43. The molecule has 222 valence electrons. The zero-order valence-electron chi connectivity index (χ0n) is 24.7. The monoisotopic (exact) mass is 571 g/mol. The normalized spacial score (nSPS) is 32.4. The van der Waals surface area contributed by atoms with Crippen LogP contribution >= 0.6 is 0 Å². The van der Waals surface area contributed by atoms with Crippen LogP contribution in [0.15, 0.2) is 18.2 Å². The van der Waals surface area contributed by atoms with Gasteiger partial charge in [0, 0.05) is 34.2 Å². The summed E-state index contributed by atoms with van der Waals surface area (Å²) in [5, 5.41) is 21.0. The van der Waals surface area contributed by atoms with Crippen LogP contribution in [0.5, 0.6) is 5.75 Å². The van der Waals surface area contributed by atoms with Crippen molar-refractivity contribution >= 4 is 15.8 Å². The molecule has 6 rings (SSSR count). The molecule has 5 aliphatic rings. The Hall–Kier alpha value is -1.57. The lowest BCUT2D eigenvalue weighted by atomic mass is 9.69. The van der Waals surface area contributed by atoms with Crippen LogP contribution < -0.4 is 4.74 Å². The highest BCUT2D eigenvalue weighted by Gasteiger charge is 2.67. The van der Waals surface area contributed by atoms with Crippen molar-refractivity contribution < 1.29 is 23.4 Å². The lowest BCUT2D eigenvalue weighted by Crippen LogP contribution is -2.55. The molecule has 0 radical (unpaired) electrons. The quantitative estimate of drug-likeness (QED) is 0.349. The van der Waals surface area contributed by atoms with Gasteiger partial charge in [-0.2, -0.15) is 4.31 Å². The summed E-state index contributed by atoms with van der Waals surface area (Å²) in [5.41, 5.74) is 1.70. The largest absolute Gasteiger partial charge is 0.508 e. The smallest absolute Gasteiger partial charge is 0.215 e. The number of ether oxygens (including phenoxy) is 1. The Labute approximate surface area is 241 Å². The first-order valence-corrected chi connectivity index (χ1v) is 17.6. The Bertz CT molecular complexity index is 1230. The highest BCUT2D eigenvalue weighted by molar-refractivity contribution is 7.89. The molecule has 0 heterocycles. The van der Waals surface area contributed by atoms with Gasteiger partial charge >= 0.3 is 0 Å². The Morgan fingerprint density at radius 3 is 2.17 bits per heavy atom. The Balaban J connectivity index is 1.34. The zero-order chi connectivity index (χ0) is 28.3. The summed E-state index contributed by atoms with van der Waals surface area (Å²) in [7, 11) is -3.51. The average molecular weight is 572 g/mol. The zero-order valence-corrected chi connectivity index (χ0v) is 25.5. The third kappa shape index (κ3) is 4.53. The number of aliphatic hydroxyl groups is 2. The van der Waals surface area contributed by atoms with Crippen LogP contribution in [0.1, 0.15) is 127 Å². The lowest BCUT2D eigenvalue weighted by molar-refractivity contribution is 0.0301. The topological polar surface area (TPSA) is 87.1 Å². The molecule has 1 aromatic carbocycles. The van der Waals surface area contributed by atoms with Gasteiger partial charge in [0.15, 0.2) is 0 Å². The van der Waals surface area contributed by atoms with Crippen molar-refractivity contribution in [1.82, 2.24) is 4.31 Å². The van der Waals surface area contributed by atoms with Gasteiger partial charge in [0.2, 0.25) is 10.0 Å². The molecular formula is C33H49NO5S. The van der Waals surface area contributed by atoms with Gasteiger partial charge in [0.1, 0.15) is 23.7 Å². The number of hydrogen-bond acceptors (Lipinski definition) is 5. The third-order valence-electron chi connectivity index (χ3n) is 11.8. The Morgan fingerprint density at radius 2 is 1.60 bits per heavy atom. The van der Waals surface area contributed by atoms with Crippen LogP contribution in [0.25, 0.3) is 5.76 Å². The SMILES string of the molecule is CCc1c(OC2CC3CCC2(CS(=O)(=O)N(C2CCCCC2)C2CCCCC2)C3(C)C)ccc2c1C(O)C=C2O. The molecule has 1 aromatic rings. The molecule has 4 fully saturated rings. The van der Waals surface area contributed by atoms with E-state index in [1.54, 1.807) is 0 Å². The maximum absolute atomic E-state index is 14.7. The van der Waals surface area contributed by atoms with Gasteiger partial charge in [-0.3, -0.25) is 0 Å². The van der Waals surface area contributed by atoms with Crippen LogP contribution in [-0.4, -0.2) is 46.9 Å². The van der Waals surface area contributed by atoms with E-state index in [1.165, 1.54) is 18.9 Å². The van der Waals surface area contributed by atoms with E-state index in [0.29, 0.717) is 17.9 Å². The highest BCUT2D eigenvalue weighted by Crippen LogP contribution is 2.67. The van der Waals surface area contributed by atoms with E-state index >= 15 is 0 Å². The third-order valence-corrected chi connectivity index (χ3v) is 13.9. The molecule has 2 N–H and O–H groups in total. The molecular weight excluding hydrogens is 522 g/mol. The van der Waals surface area contributed by atoms with Gasteiger partial charge < -0.3 is 14.9 Å². The van der Waals surface area contributed by atoms with Gasteiger partial charge in [-0.05, 0) is 80.9 Å². The van der Waals surface area contributed by atoms with Gasteiger partial charge in [0.25, 0.3) is 0 Å². The first-order chi connectivity index (χ1) is 19.1. The molecule has 40 heavy (non-hydrogen) atoms. The van der Waals surface area contributed by atoms with E-state index in [9.17, 15) is 18.6 Å². The fraction of sp³-hybridized carbons (Fsp3) is 0.758.